The second-order valence-electron chi connectivity index (χ2n) is 5.19. The Kier molecular flexibility index (Phi) is 5.41. The van der Waals surface area contributed by atoms with Gasteiger partial charge in [0.05, 0.1) is 12.4 Å². The minimum absolute atomic E-state index is 0. The van der Waals surface area contributed by atoms with E-state index in [1.165, 1.54) is 5.56 Å². The summed E-state index contributed by atoms with van der Waals surface area (Å²) < 4.78 is 7.62. The van der Waals surface area contributed by atoms with Gasteiger partial charge < -0.3 is 14.3 Å². The van der Waals surface area contributed by atoms with E-state index in [4.69, 9.17) is 4.42 Å². The first-order valence-electron chi connectivity index (χ1n) is 7.09. The minimum atomic E-state index is 0. The molecule has 0 spiro atoms. The molecule has 116 valence electrons. The molecule has 3 rings (SSSR count). The Labute approximate surface area is 136 Å². The zero-order chi connectivity index (χ0) is 14.7. The maximum atomic E-state index is 5.63. The third kappa shape index (κ3) is 3.78. The number of aryl methyl sites for hydroxylation is 1. The van der Waals surface area contributed by atoms with Gasteiger partial charge in [0, 0.05) is 24.6 Å². The van der Waals surface area contributed by atoms with Crippen molar-refractivity contribution >= 4 is 12.4 Å². The molecule has 0 saturated heterocycles. The Hall–Kier alpha value is -2.04. The molecule has 0 aliphatic carbocycles. The zero-order valence-electron chi connectivity index (χ0n) is 12.7. The molecule has 3 aromatic rings. The molecule has 1 aromatic carbocycles. The van der Waals surface area contributed by atoms with E-state index in [1.54, 1.807) is 12.5 Å². The third-order valence-corrected chi connectivity index (χ3v) is 3.54. The van der Waals surface area contributed by atoms with Crippen LogP contribution in [0.2, 0.25) is 0 Å². The van der Waals surface area contributed by atoms with E-state index in [2.05, 4.69) is 41.5 Å². The minimum Gasteiger partial charge on any atom is -0.465 e. The van der Waals surface area contributed by atoms with Crippen molar-refractivity contribution in [2.24, 2.45) is 0 Å². The molecule has 0 aliphatic heterocycles. The first kappa shape index (κ1) is 16.3. The second kappa shape index (κ2) is 7.29. The fourth-order valence-corrected chi connectivity index (χ4v) is 2.26. The van der Waals surface area contributed by atoms with Gasteiger partial charge in [0.15, 0.2) is 0 Å². The molecule has 2 heterocycles. The lowest BCUT2D eigenvalue weighted by Gasteiger charge is -2.12. The predicted octanol–water partition coefficient (Wildman–Crippen LogP) is 4.05. The molecule has 0 radical (unpaired) electrons. The number of halogens is 1. The van der Waals surface area contributed by atoms with Crippen LogP contribution in [0.3, 0.4) is 0 Å². The Morgan fingerprint density at radius 1 is 1.18 bits per heavy atom. The summed E-state index contributed by atoms with van der Waals surface area (Å²) in [6, 6.07) is 12.7. The highest BCUT2D eigenvalue weighted by molar-refractivity contribution is 5.85. The van der Waals surface area contributed by atoms with Crippen molar-refractivity contribution in [3.8, 4) is 5.69 Å². The van der Waals surface area contributed by atoms with Gasteiger partial charge in [-0.3, -0.25) is 0 Å². The van der Waals surface area contributed by atoms with Gasteiger partial charge in [0.25, 0.3) is 0 Å². The monoisotopic (exact) mass is 317 g/mol. The van der Waals surface area contributed by atoms with Gasteiger partial charge in [-0.05, 0) is 43.7 Å². The lowest BCUT2D eigenvalue weighted by atomic mass is 10.2. The molecular formula is C17H20ClN3O. The van der Waals surface area contributed by atoms with Crippen molar-refractivity contribution in [3.05, 3.63) is 72.2 Å². The molecular weight excluding hydrogens is 298 g/mol. The van der Waals surface area contributed by atoms with E-state index < -0.39 is 0 Å². The maximum absolute atomic E-state index is 5.63. The molecule has 4 nitrogen and oxygen atoms in total. The molecule has 0 amide bonds. The summed E-state index contributed by atoms with van der Waals surface area (Å²) in [6.07, 6.45) is 5.52. The van der Waals surface area contributed by atoms with Crippen LogP contribution < -0.4 is 5.32 Å². The van der Waals surface area contributed by atoms with Crippen LogP contribution >= 0.6 is 12.4 Å². The first-order chi connectivity index (χ1) is 10.2. The van der Waals surface area contributed by atoms with Crippen molar-refractivity contribution in [2.75, 3.05) is 0 Å². The van der Waals surface area contributed by atoms with Crippen LogP contribution in [-0.2, 0) is 6.54 Å². The first-order valence-corrected chi connectivity index (χ1v) is 7.09. The van der Waals surface area contributed by atoms with Crippen LogP contribution in [0.25, 0.3) is 5.69 Å². The molecule has 0 aliphatic rings. The van der Waals surface area contributed by atoms with Gasteiger partial charge in [-0.2, -0.15) is 0 Å². The van der Waals surface area contributed by atoms with Crippen molar-refractivity contribution < 1.29 is 4.42 Å². The summed E-state index contributed by atoms with van der Waals surface area (Å²) in [5.74, 6) is 1.92. The van der Waals surface area contributed by atoms with E-state index >= 15 is 0 Å². The Morgan fingerprint density at radius 2 is 1.95 bits per heavy atom. The van der Waals surface area contributed by atoms with Crippen LogP contribution in [0.4, 0.5) is 0 Å². The Bertz CT molecular complexity index is 689. The topological polar surface area (TPSA) is 43.0 Å². The van der Waals surface area contributed by atoms with Crippen LogP contribution in [0.5, 0.6) is 0 Å². The summed E-state index contributed by atoms with van der Waals surface area (Å²) in [5.41, 5.74) is 2.36. The van der Waals surface area contributed by atoms with Crippen LogP contribution in [0.1, 0.15) is 30.0 Å². The number of nitrogens with zero attached hydrogens (tertiary/aromatic N) is 2. The number of benzene rings is 1. The molecule has 0 bridgehead atoms. The largest absolute Gasteiger partial charge is 0.465 e. The fourth-order valence-electron chi connectivity index (χ4n) is 2.26. The fraction of sp³-hybridized carbons (Fsp3) is 0.235. The average molecular weight is 318 g/mol. The quantitative estimate of drug-likeness (QED) is 0.772. The SMILES string of the molecule is Cc1ccc(C(C)NCc2ccc(-n3ccnc3)cc2)o1.Cl. The Morgan fingerprint density at radius 3 is 2.55 bits per heavy atom. The molecule has 1 N–H and O–H groups in total. The molecule has 5 heteroatoms. The van der Waals surface area contributed by atoms with Crippen molar-refractivity contribution in [1.82, 2.24) is 14.9 Å². The number of rotatable bonds is 5. The lowest BCUT2D eigenvalue weighted by Crippen LogP contribution is -2.17. The molecule has 2 aromatic heterocycles. The van der Waals surface area contributed by atoms with Crippen LogP contribution in [0, 0.1) is 6.92 Å². The van der Waals surface area contributed by atoms with Crippen molar-refractivity contribution in [1.29, 1.82) is 0 Å². The van der Waals surface area contributed by atoms with Gasteiger partial charge in [-0.15, -0.1) is 12.4 Å². The Balaban J connectivity index is 0.00000176. The van der Waals surface area contributed by atoms with E-state index in [0.717, 1.165) is 23.8 Å². The smallest absolute Gasteiger partial charge is 0.120 e. The number of hydrogen-bond donors (Lipinski definition) is 1. The highest BCUT2D eigenvalue weighted by Crippen LogP contribution is 2.16. The van der Waals surface area contributed by atoms with Crippen LogP contribution in [0.15, 0.2) is 59.5 Å². The normalized spacial score (nSPS) is 11.9. The van der Waals surface area contributed by atoms with Crippen molar-refractivity contribution in [3.63, 3.8) is 0 Å². The number of imidazole rings is 1. The van der Waals surface area contributed by atoms with Gasteiger partial charge in [-0.1, -0.05) is 12.1 Å². The zero-order valence-corrected chi connectivity index (χ0v) is 13.5. The molecule has 1 unspecified atom stereocenters. The highest BCUT2D eigenvalue weighted by atomic mass is 35.5. The predicted molar refractivity (Wildman–Crippen MR) is 89.5 cm³/mol. The van der Waals surface area contributed by atoms with E-state index in [9.17, 15) is 0 Å². The number of nitrogens with one attached hydrogen (secondary N) is 1. The van der Waals surface area contributed by atoms with E-state index in [-0.39, 0.29) is 18.4 Å². The van der Waals surface area contributed by atoms with E-state index in [1.807, 2.05) is 29.8 Å². The number of furan rings is 1. The lowest BCUT2D eigenvalue weighted by molar-refractivity contribution is 0.416. The molecule has 1 atom stereocenters. The van der Waals surface area contributed by atoms with E-state index in [0.29, 0.717) is 0 Å². The summed E-state index contributed by atoms with van der Waals surface area (Å²) in [6.45, 7) is 4.88. The average Bonchev–Trinajstić information content (AvgIpc) is 3.16. The van der Waals surface area contributed by atoms with Gasteiger partial charge in [0.2, 0.25) is 0 Å². The summed E-state index contributed by atoms with van der Waals surface area (Å²) in [5, 5.41) is 3.47. The molecule has 22 heavy (non-hydrogen) atoms. The van der Waals surface area contributed by atoms with Gasteiger partial charge in [0.1, 0.15) is 11.5 Å². The molecule has 0 saturated carbocycles. The summed E-state index contributed by atoms with van der Waals surface area (Å²) >= 11 is 0. The van der Waals surface area contributed by atoms with Gasteiger partial charge >= 0.3 is 0 Å². The number of aromatic nitrogens is 2. The van der Waals surface area contributed by atoms with Crippen LogP contribution in [-0.4, -0.2) is 9.55 Å². The highest BCUT2D eigenvalue weighted by Gasteiger charge is 2.08. The van der Waals surface area contributed by atoms with Gasteiger partial charge in [-0.25, -0.2) is 4.98 Å². The standard InChI is InChI=1S/C17H19N3O.ClH/c1-13-3-8-17(21-13)14(2)19-11-15-4-6-16(7-5-15)20-10-9-18-12-20;/h3-10,12,14,19H,11H2,1-2H3;1H. The summed E-state index contributed by atoms with van der Waals surface area (Å²) in [4.78, 5) is 4.06. The second-order valence-corrected chi connectivity index (χ2v) is 5.19. The van der Waals surface area contributed by atoms with Crippen molar-refractivity contribution in [2.45, 2.75) is 26.4 Å². The molecule has 0 fully saturated rings. The number of hydrogen-bond acceptors (Lipinski definition) is 3. The summed E-state index contributed by atoms with van der Waals surface area (Å²) in [7, 11) is 0. The third-order valence-electron chi connectivity index (χ3n) is 3.54. The maximum Gasteiger partial charge on any atom is 0.120 e.